The normalized spacial score (nSPS) is 18.9. The van der Waals surface area contributed by atoms with E-state index in [4.69, 9.17) is 5.11 Å². The first-order valence-electron chi connectivity index (χ1n) is 6.81. The molecule has 4 nitrogen and oxygen atoms in total. The van der Waals surface area contributed by atoms with E-state index in [2.05, 4.69) is 15.9 Å². The summed E-state index contributed by atoms with van der Waals surface area (Å²) >= 11 is 3.38. The molecule has 1 aliphatic rings. The molecule has 1 unspecified atom stereocenters. The maximum atomic E-state index is 12.1. The summed E-state index contributed by atoms with van der Waals surface area (Å²) in [5.74, 6) is -1.14. The van der Waals surface area contributed by atoms with Crippen molar-refractivity contribution in [3.63, 3.8) is 0 Å². The number of nitrogens with zero attached hydrogens (tertiary/aromatic N) is 1. The molecule has 1 amide bonds. The standard InChI is InChI=1S/C15H18BrNO3/c16-13-6-3-11(4-7-13)5-8-14(18)17-9-1-2-12(10-17)15(19)20/h3-4,6-7,12H,1-2,5,8-10H2,(H,19,20). The van der Waals surface area contributed by atoms with Gasteiger partial charge in [0.2, 0.25) is 5.91 Å². The SMILES string of the molecule is O=C(O)C1CCCN(C(=O)CCc2ccc(Br)cc2)C1. The number of halogens is 1. The molecule has 1 heterocycles. The van der Waals surface area contributed by atoms with Crippen LogP contribution in [0.15, 0.2) is 28.7 Å². The van der Waals surface area contributed by atoms with Crippen LogP contribution in [0.2, 0.25) is 0 Å². The molecule has 0 aliphatic carbocycles. The molecule has 0 bridgehead atoms. The van der Waals surface area contributed by atoms with E-state index in [-0.39, 0.29) is 5.91 Å². The third-order valence-corrected chi connectivity index (χ3v) is 4.19. The van der Waals surface area contributed by atoms with Gasteiger partial charge in [-0.3, -0.25) is 9.59 Å². The molecule has 108 valence electrons. The molecule has 0 saturated carbocycles. The number of carbonyl (C=O) groups excluding carboxylic acids is 1. The minimum Gasteiger partial charge on any atom is -0.481 e. The number of likely N-dealkylation sites (tertiary alicyclic amines) is 1. The van der Waals surface area contributed by atoms with Crippen LogP contribution in [-0.4, -0.2) is 35.0 Å². The van der Waals surface area contributed by atoms with Crippen LogP contribution >= 0.6 is 15.9 Å². The van der Waals surface area contributed by atoms with E-state index in [9.17, 15) is 9.59 Å². The lowest BCUT2D eigenvalue weighted by Gasteiger charge is -2.30. The van der Waals surface area contributed by atoms with Crippen molar-refractivity contribution in [1.82, 2.24) is 4.90 Å². The van der Waals surface area contributed by atoms with Crippen molar-refractivity contribution in [2.24, 2.45) is 5.92 Å². The Morgan fingerprint density at radius 1 is 1.30 bits per heavy atom. The Morgan fingerprint density at radius 2 is 2.00 bits per heavy atom. The smallest absolute Gasteiger partial charge is 0.308 e. The van der Waals surface area contributed by atoms with Crippen LogP contribution in [0.1, 0.15) is 24.8 Å². The number of piperidine rings is 1. The van der Waals surface area contributed by atoms with Gasteiger partial charge in [-0.1, -0.05) is 28.1 Å². The molecule has 0 aromatic heterocycles. The number of aryl methyl sites for hydroxylation is 1. The zero-order valence-corrected chi connectivity index (χ0v) is 12.8. The Bertz CT molecular complexity index is 486. The zero-order chi connectivity index (χ0) is 14.5. The van der Waals surface area contributed by atoms with Crippen molar-refractivity contribution in [3.05, 3.63) is 34.3 Å². The summed E-state index contributed by atoms with van der Waals surface area (Å²) in [6.45, 7) is 1.04. The molecular formula is C15H18BrNO3. The van der Waals surface area contributed by atoms with Crippen molar-refractivity contribution in [2.45, 2.75) is 25.7 Å². The Hall–Kier alpha value is -1.36. The Morgan fingerprint density at radius 3 is 2.65 bits per heavy atom. The van der Waals surface area contributed by atoms with Crippen LogP contribution in [0.3, 0.4) is 0 Å². The van der Waals surface area contributed by atoms with Crippen LogP contribution in [0.25, 0.3) is 0 Å². The van der Waals surface area contributed by atoms with E-state index in [0.29, 0.717) is 32.4 Å². The predicted molar refractivity (Wildman–Crippen MR) is 79.4 cm³/mol. The molecule has 1 saturated heterocycles. The largest absolute Gasteiger partial charge is 0.481 e. The number of carboxylic acids is 1. The maximum Gasteiger partial charge on any atom is 0.308 e. The summed E-state index contributed by atoms with van der Waals surface area (Å²) in [5, 5.41) is 9.03. The lowest BCUT2D eigenvalue weighted by molar-refractivity contribution is -0.145. The average molecular weight is 340 g/mol. The van der Waals surface area contributed by atoms with Gasteiger partial charge in [0.25, 0.3) is 0 Å². The summed E-state index contributed by atoms with van der Waals surface area (Å²) in [6.07, 6.45) is 2.58. The predicted octanol–water partition coefficient (Wildman–Crippen LogP) is 2.70. The quantitative estimate of drug-likeness (QED) is 0.917. The van der Waals surface area contributed by atoms with E-state index in [1.54, 1.807) is 4.90 Å². The highest BCUT2D eigenvalue weighted by molar-refractivity contribution is 9.10. The molecule has 1 atom stereocenters. The minimum atomic E-state index is -0.796. The van der Waals surface area contributed by atoms with Crippen LogP contribution in [0, 0.1) is 5.92 Å². The monoisotopic (exact) mass is 339 g/mol. The van der Waals surface area contributed by atoms with Gasteiger partial charge in [0.05, 0.1) is 5.92 Å². The fourth-order valence-corrected chi connectivity index (χ4v) is 2.73. The van der Waals surface area contributed by atoms with Crippen molar-refractivity contribution >= 4 is 27.8 Å². The van der Waals surface area contributed by atoms with E-state index in [1.807, 2.05) is 24.3 Å². The molecule has 20 heavy (non-hydrogen) atoms. The lowest BCUT2D eigenvalue weighted by atomic mass is 9.97. The molecular weight excluding hydrogens is 322 g/mol. The molecule has 5 heteroatoms. The summed E-state index contributed by atoms with van der Waals surface area (Å²) in [6, 6.07) is 7.91. The van der Waals surface area contributed by atoms with Crippen LogP contribution < -0.4 is 0 Å². The third kappa shape index (κ3) is 4.07. The molecule has 0 spiro atoms. The van der Waals surface area contributed by atoms with Crippen LogP contribution in [0.4, 0.5) is 0 Å². The fraction of sp³-hybridized carbons (Fsp3) is 0.467. The van der Waals surface area contributed by atoms with Crippen molar-refractivity contribution in [3.8, 4) is 0 Å². The van der Waals surface area contributed by atoms with E-state index < -0.39 is 11.9 Å². The molecule has 1 aliphatic heterocycles. The molecule has 1 fully saturated rings. The van der Waals surface area contributed by atoms with Crippen LogP contribution in [-0.2, 0) is 16.0 Å². The first-order chi connectivity index (χ1) is 9.56. The summed E-state index contributed by atoms with van der Waals surface area (Å²) in [5.41, 5.74) is 1.12. The van der Waals surface area contributed by atoms with E-state index in [0.717, 1.165) is 16.5 Å². The number of carboxylic acid groups (broad SMARTS) is 1. The maximum absolute atomic E-state index is 12.1. The first-order valence-corrected chi connectivity index (χ1v) is 7.60. The second kappa shape index (κ2) is 6.88. The highest BCUT2D eigenvalue weighted by Gasteiger charge is 2.27. The number of benzene rings is 1. The number of hydrogen-bond donors (Lipinski definition) is 1. The summed E-state index contributed by atoms with van der Waals surface area (Å²) in [7, 11) is 0. The number of hydrogen-bond acceptors (Lipinski definition) is 2. The van der Waals surface area contributed by atoms with Gasteiger partial charge in [0.1, 0.15) is 0 Å². The first kappa shape index (κ1) is 15.0. The number of amides is 1. The number of carbonyl (C=O) groups is 2. The van der Waals surface area contributed by atoms with Gasteiger partial charge >= 0.3 is 5.97 Å². The summed E-state index contributed by atoms with van der Waals surface area (Å²) in [4.78, 5) is 24.8. The second-order valence-electron chi connectivity index (χ2n) is 5.14. The van der Waals surface area contributed by atoms with Gasteiger partial charge in [-0.05, 0) is 37.0 Å². The van der Waals surface area contributed by atoms with Gasteiger partial charge in [-0.25, -0.2) is 0 Å². The Kier molecular flexibility index (Phi) is 5.17. The van der Waals surface area contributed by atoms with Crippen LogP contribution in [0.5, 0.6) is 0 Å². The zero-order valence-electron chi connectivity index (χ0n) is 11.2. The fourth-order valence-electron chi connectivity index (χ4n) is 2.47. The van der Waals surface area contributed by atoms with Crippen molar-refractivity contribution in [1.29, 1.82) is 0 Å². The molecule has 1 aromatic rings. The van der Waals surface area contributed by atoms with Gasteiger partial charge in [0, 0.05) is 24.0 Å². The highest BCUT2D eigenvalue weighted by Crippen LogP contribution is 2.18. The van der Waals surface area contributed by atoms with E-state index in [1.165, 1.54) is 0 Å². The molecule has 1 N–H and O–H groups in total. The number of rotatable bonds is 4. The third-order valence-electron chi connectivity index (χ3n) is 3.66. The van der Waals surface area contributed by atoms with Crippen molar-refractivity contribution in [2.75, 3.05) is 13.1 Å². The Balaban J connectivity index is 1.85. The van der Waals surface area contributed by atoms with Gasteiger partial charge in [-0.15, -0.1) is 0 Å². The average Bonchev–Trinajstić information content (AvgIpc) is 2.46. The molecule has 1 aromatic carbocycles. The summed E-state index contributed by atoms with van der Waals surface area (Å²) < 4.78 is 1.02. The molecule has 2 rings (SSSR count). The highest BCUT2D eigenvalue weighted by atomic mass is 79.9. The molecule has 0 radical (unpaired) electrons. The van der Waals surface area contributed by atoms with Gasteiger partial charge in [-0.2, -0.15) is 0 Å². The topological polar surface area (TPSA) is 57.6 Å². The number of aliphatic carboxylic acids is 1. The Labute approximate surface area is 126 Å². The van der Waals surface area contributed by atoms with Gasteiger partial charge < -0.3 is 10.0 Å². The van der Waals surface area contributed by atoms with Gasteiger partial charge in [0.15, 0.2) is 0 Å². The van der Waals surface area contributed by atoms with Crippen molar-refractivity contribution < 1.29 is 14.7 Å². The second-order valence-corrected chi connectivity index (χ2v) is 6.06. The lowest BCUT2D eigenvalue weighted by Crippen LogP contribution is -2.42. The van der Waals surface area contributed by atoms with E-state index >= 15 is 0 Å². The minimum absolute atomic E-state index is 0.0545.